The van der Waals surface area contributed by atoms with Crippen LogP contribution in [-0.4, -0.2) is 25.8 Å². The quantitative estimate of drug-likeness (QED) is 0.800. The number of hydrogen-bond acceptors (Lipinski definition) is 4. The fourth-order valence-corrected chi connectivity index (χ4v) is 2.87. The van der Waals surface area contributed by atoms with Crippen molar-refractivity contribution >= 4 is 23.2 Å². The summed E-state index contributed by atoms with van der Waals surface area (Å²) in [7, 11) is 2.98. The Morgan fingerprint density at radius 3 is 2.65 bits per heavy atom. The Balaban J connectivity index is 2.32. The molecule has 4 nitrogen and oxygen atoms in total. The van der Waals surface area contributed by atoms with Gasteiger partial charge in [-0.15, -0.1) is 0 Å². The minimum atomic E-state index is -0.271. The summed E-state index contributed by atoms with van der Waals surface area (Å²) in [5.41, 5.74) is 0.393. The highest BCUT2D eigenvalue weighted by atomic mass is 35.5. The second-order valence-electron chi connectivity index (χ2n) is 4.86. The Morgan fingerprint density at radius 2 is 2.05 bits per heavy atom. The van der Waals surface area contributed by atoms with Crippen molar-refractivity contribution in [1.29, 1.82) is 0 Å². The zero-order valence-electron chi connectivity index (χ0n) is 11.6. The summed E-state index contributed by atoms with van der Waals surface area (Å²) in [6.07, 6.45) is 2.38. The van der Waals surface area contributed by atoms with Crippen molar-refractivity contribution in [2.45, 2.75) is 25.7 Å². The number of carbonyl (C=O) groups excluding carboxylic acids is 2. The lowest BCUT2D eigenvalue weighted by Gasteiger charge is -2.20. The number of halogens is 1. The predicted molar refractivity (Wildman–Crippen MR) is 75.9 cm³/mol. The number of ether oxygens (including phenoxy) is 2. The largest absolute Gasteiger partial charge is 0.493 e. The maximum atomic E-state index is 12.5. The summed E-state index contributed by atoms with van der Waals surface area (Å²) in [6.45, 7) is 0. The first kappa shape index (κ1) is 14.9. The zero-order valence-corrected chi connectivity index (χ0v) is 12.3. The molecule has 1 aromatic rings. The first-order chi connectivity index (χ1) is 9.58. The van der Waals surface area contributed by atoms with E-state index in [0.29, 0.717) is 29.9 Å². The van der Waals surface area contributed by atoms with Crippen LogP contribution < -0.4 is 9.47 Å². The highest BCUT2D eigenvalue weighted by Gasteiger charge is 2.29. The molecule has 0 N–H and O–H groups in total. The van der Waals surface area contributed by atoms with E-state index in [1.165, 1.54) is 14.2 Å². The smallest absolute Gasteiger partial charge is 0.180 e. The van der Waals surface area contributed by atoms with Gasteiger partial charge in [0.05, 0.1) is 19.2 Å². The normalized spacial score (nSPS) is 18.8. The van der Waals surface area contributed by atoms with Crippen molar-refractivity contribution in [2.24, 2.45) is 5.92 Å². The molecule has 1 fully saturated rings. The van der Waals surface area contributed by atoms with Gasteiger partial charge in [-0.3, -0.25) is 9.59 Å². The first-order valence-electron chi connectivity index (χ1n) is 6.54. The second-order valence-corrected chi connectivity index (χ2v) is 5.24. The van der Waals surface area contributed by atoms with Crippen molar-refractivity contribution < 1.29 is 19.1 Å². The van der Waals surface area contributed by atoms with E-state index in [4.69, 9.17) is 21.1 Å². The van der Waals surface area contributed by atoms with Crippen LogP contribution in [0.15, 0.2) is 12.1 Å². The lowest BCUT2D eigenvalue weighted by Crippen LogP contribution is -2.23. The summed E-state index contributed by atoms with van der Waals surface area (Å²) in [5, 5.41) is 0.245. The van der Waals surface area contributed by atoms with Gasteiger partial charge in [-0.25, -0.2) is 0 Å². The Labute approximate surface area is 123 Å². The van der Waals surface area contributed by atoms with Gasteiger partial charge in [-0.2, -0.15) is 0 Å². The van der Waals surface area contributed by atoms with Gasteiger partial charge in [0, 0.05) is 24.3 Å². The molecule has 1 aliphatic carbocycles. The topological polar surface area (TPSA) is 52.6 Å². The molecule has 108 valence electrons. The first-order valence-corrected chi connectivity index (χ1v) is 6.92. The molecule has 0 spiro atoms. The monoisotopic (exact) mass is 296 g/mol. The van der Waals surface area contributed by atoms with E-state index in [-0.39, 0.29) is 22.5 Å². The Kier molecular flexibility index (Phi) is 4.65. The van der Waals surface area contributed by atoms with Crippen LogP contribution in [-0.2, 0) is 4.79 Å². The number of hydrogen-bond donors (Lipinski definition) is 0. The Hall–Kier alpha value is -1.55. The molecule has 20 heavy (non-hydrogen) atoms. The van der Waals surface area contributed by atoms with Crippen LogP contribution in [0.5, 0.6) is 11.5 Å². The molecule has 1 aliphatic rings. The number of Topliss-reactive ketones (excluding diaryl/α,β-unsaturated/α-hetero) is 2. The third kappa shape index (κ3) is 2.80. The zero-order chi connectivity index (χ0) is 14.7. The average molecular weight is 297 g/mol. The SMILES string of the molecule is COc1ccc(C(=O)C2CCCC(=O)C2)c(Cl)c1OC. The van der Waals surface area contributed by atoms with E-state index in [1.54, 1.807) is 12.1 Å². The lowest BCUT2D eigenvalue weighted by atomic mass is 9.83. The van der Waals surface area contributed by atoms with Crippen LogP contribution in [0.1, 0.15) is 36.0 Å². The van der Waals surface area contributed by atoms with Gasteiger partial charge in [0.1, 0.15) is 5.78 Å². The van der Waals surface area contributed by atoms with Crippen molar-refractivity contribution in [3.8, 4) is 11.5 Å². The van der Waals surface area contributed by atoms with Crippen LogP contribution in [0.2, 0.25) is 5.02 Å². The van der Waals surface area contributed by atoms with E-state index in [9.17, 15) is 9.59 Å². The minimum Gasteiger partial charge on any atom is -0.493 e. The molecule has 0 aliphatic heterocycles. The molecule has 1 atom stereocenters. The average Bonchev–Trinajstić information content (AvgIpc) is 2.46. The van der Waals surface area contributed by atoms with Gasteiger partial charge in [0.25, 0.3) is 0 Å². The fourth-order valence-electron chi connectivity index (χ4n) is 2.55. The van der Waals surface area contributed by atoms with E-state index in [1.807, 2.05) is 0 Å². The molecule has 1 saturated carbocycles. The van der Waals surface area contributed by atoms with Crippen LogP contribution in [0, 0.1) is 5.92 Å². The number of rotatable bonds is 4. The van der Waals surface area contributed by atoms with Crippen molar-refractivity contribution in [3.05, 3.63) is 22.7 Å². The van der Waals surface area contributed by atoms with Crippen LogP contribution in [0.3, 0.4) is 0 Å². The Bertz CT molecular complexity index is 539. The molecule has 0 bridgehead atoms. The van der Waals surface area contributed by atoms with E-state index in [2.05, 4.69) is 0 Å². The van der Waals surface area contributed by atoms with Gasteiger partial charge in [0.15, 0.2) is 17.3 Å². The highest BCUT2D eigenvalue weighted by molar-refractivity contribution is 6.35. The minimum absolute atomic E-state index is 0.0935. The van der Waals surface area contributed by atoms with Crippen LogP contribution in [0.25, 0.3) is 0 Å². The number of ketones is 2. The molecule has 2 rings (SSSR count). The fraction of sp³-hybridized carbons (Fsp3) is 0.467. The second kappa shape index (κ2) is 6.27. The molecule has 0 heterocycles. The third-order valence-electron chi connectivity index (χ3n) is 3.60. The van der Waals surface area contributed by atoms with Crippen LogP contribution >= 0.6 is 11.6 Å². The maximum absolute atomic E-state index is 12.5. The summed E-state index contributed by atoms with van der Waals surface area (Å²) >= 11 is 6.23. The molecule has 1 aromatic carbocycles. The summed E-state index contributed by atoms with van der Waals surface area (Å²) in [6, 6.07) is 3.29. The van der Waals surface area contributed by atoms with E-state index < -0.39 is 0 Å². The predicted octanol–water partition coefficient (Wildman–Crippen LogP) is 3.30. The van der Waals surface area contributed by atoms with Gasteiger partial charge in [-0.1, -0.05) is 11.6 Å². The maximum Gasteiger partial charge on any atom is 0.180 e. The number of carbonyl (C=O) groups is 2. The van der Waals surface area contributed by atoms with Crippen LogP contribution in [0.4, 0.5) is 0 Å². The summed E-state index contributed by atoms with van der Waals surface area (Å²) in [4.78, 5) is 24.0. The molecule has 0 radical (unpaired) electrons. The molecule has 0 aromatic heterocycles. The van der Waals surface area contributed by atoms with E-state index in [0.717, 1.165) is 12.8 Å². The van der Waals surface area contributed by atoms with E-state index >= 15 is 0 Å². The lowest BCUT2D eigenvalue weighted by molar-refractivity contribution is -0.121. The summed E-state index contributed by atoms with van der Waals surface area (Å²) in [5.74, 6) is 0.609. The highest BCUT2D eigenvalue weighted by Crippen LogP contribution is 2.39. The third-order valence-corrected chi connectivity index (χ3v) is 3.98. The van der Waals surface area contributed by atoms with Gasteiger partial charge < -0.3 is 9.47 Å². The van der Waals surface area contributed by atoms with Crippen molar-refractivity contribution in [3.63, 3.8) is 0 Å². The molecular formula is C15H17ClO4. The van der Waals surface area contributed by atoms with Crippen molar-refractivity contribution in [2.75, 3.05) is 14.2 Å². The molecular weight excluding hydrogens is 280 g/mol. The van der Waals surface area contributed by atoms with Gasteiger partial charge >= 0.3 is 0 Å². The molecule has 0 amide bonds. The standard InChI is InChI=1S/C15H17ClO4/c1-19-12-7-6-11(13(16)15(12)20-2)14(18)9-4-3-5-10(17)8-9/h6-7,9H,3-5,8H2,1-2H3. The molecule has 5 heteroatoms. The Morgan fingerprint density at radius 1 is 1.30 bits per heavy atom. The van der Waals surface area contributed by atoms with Gasteiger partial charge in [-0.05, 0) is 25.0 Å². The number of benzene rings is 1. The summed E-state index contributed by atoms with van der Waals surface area (Å²) < 4.78 is 10.3. The van der Waals surface area contributed by atoms with Gasteiger partial charge in [0.2, 0.25) is 0 Å². The van der Waals surface area contributed by atoms with Crippen molar-refractivity contribution in [1.82, 2.24) is 0 Å². The molecule has 1 unspecified atom stereocenters. The molecule has 0 saturated heterocycles. The number of methoxy groups -OCH3 is 2.